The number of anilines is 1. The SMILES string of the molecule is CCC(C)CNC(=O)c1ccc(NN)cc1. The lowest BCUT2D eigenvalue weighted by atomic mass is 10.1. The van der Waals surface area contributed by atoms with Crippen molar-refractivity contribution in [2.24, 2.45) is 11.8 Å². The molecular weight excluding hydrogens is 202 g/mol. The molecule has 0 fully saturated rings. The second-order valence-corrected chi connectivity index (χ2v) is 3.95. The lowest BCUT2D eigenvalue weighted by molar-refractivity contribution is 0.0948. The fourth-order valence-corrected chi connectivity index (χ4v) is 1.23. The number of carbonyl (C=O) groups excluding carboxylic acids is 1. The third-order valence-corrected chi connectivity index (χ3v) is 2.62. The van der Waals surface area contributed by atoms with Crippen LogP contribution in [0.15, 0.2) is 24.3 Å². The van der Waals surface area contributed by atoms with E-state index in [1.165, 1.54) is 0 Å². The highest BCUT2D eigenvalue weighted by Gasteiger charge is 2.06. The molecule has 1 unspecified atom stereocenters. The summed E-state index contributed by atoms with van der Waals surface area (Å²) in [6.07, 6.45) is 1.07. The van der Waals surface area contributed by atoms with Crippen LogP contribution in [0.3, 0.4) is 0 Å². The first kappa shape index (κ1) is 12.5. The van der Waals surface area contributed by atoms with Gasteiger partial charge in [-0.25, -0.2) is 0 Å². The topological polar surface area (TPSA) is 67.2 Å². The van der Waals surface area contributed by atoms with Crippen LogP contribution in [0.25, 0.3) is 0 Å². The first-order valence-corrected chi connectivity index (χ1v) is 5.52. The molecular formula is C12H19N3O. The summed E-state index contributed by atoms with van der Waals surface area (Å²) in [4.78, 5) is 11.7. The smallest absolute Gasteiger partial charge is 0.251 e. The molecule has 0 aliphatic rings. The maximum atomic E-state index is 11.7. The molecule has 0 aromatic heterocycles. The number of nitrogens with two attached hydrogens (primary N) is 1. The molecule has 0 heterocycles. The molecule has 1 aromatic carbocycles. The Bertz CT molecular complexity index is 335. The van der Waals surface area contributed by atoms with E-state index in [0.29, 0.717) is 18.0 Å². The molecule has 4 nitrogen and oxygen atoms in total. The Morgan fingerprint density at radius 1 is 1.38 bits per heavy atom. The van der Waals surface area contributed by atoms with Gasteiger partial charge < -0.3 is 10.7 Å². The molecule has 16 heavy (non-hydrogen) atoms. The highest BCUT2D eigenvalue weighted by atomic mass is 16.1. The molecule has 88 valence electrons. The summed E-state index contributed by atoms with van der Waals surface area (Å²) in [6, 6.07) is 7.05. The van der Waals surface area contributed by atoms with Gasteiger partial charge >= 0.3 is 0 Å². The summed E-state index contributed by atoms with van der Waals surface area (Å²) in [6.45, 7) is 4.94. The van der Waals surface area contributed by atoms with E-state index < -0.39 is 0 Å². The summed E-state index contributed by atoms with van der Waals surface area (Å²) < 4.78 is 0. The molecule has 1 amide bonds. The van der Waals surface area contributed by atoms with Gasteiger partial charge in [-0.2, -0.15) is 0 Å². The molecule has 0 aliphatic carbocycles. The summed E-state index contributed by atoms with van der Waals surface area (Å²) in [5.41, 5.74) is 3.97. The van der Waals surface area contributed by atoms with Crippen LogP contribution in [0, 0.1) is 5.92 Å². The summed E-state index contributed by atoms with van der Waals surface area (Å²) in [5, 5.41) is 2.90. The van der Waals surface area contributed by atoms with Crippen molar-refractivity contribution in [1.82, 2.24) is 5.32 Å². The van der Waals surface area contributed by atoms with Crippen molar-refractivity contribution < 1.29 is 4.79 Å². The van der Waals surface area contributed by atoms with E-state index in [2.05, 4.69) is 24.6 Å². The van der Waals surface area contributed by atoms with E-state index in [9.17, 15) is 4.79 Å². The van der Waals surface area contributed by atoms with Gasteiger partial charge in [0.25, 0.3) is 5.91 Å². The summed E-state index contributed by atoms with van der Waals surface area (Å²) >= 11 is 0. The maximum absolute atomic E-state index is 11.7. The molecule has 1 rings (SSSR count). The number of carbonyl (C=O) groups is 1. The standard InChI is InChI=1S/C12H19N3O/c1-3-9(2)8-14-12(16)10-4-6-11(15-13)7-5-10/h4-7,9,15H,3,8,13H2,1-2H3,(H,14,16). The van der Waals surface area contributed by atoms with Crippen molar-refractivity contribution >= 4 is 11.6 Å². The zero-order valence-electron chi connectivity index (χ0n) is 9.79. The van der Waals surface area contributed by atoms with Crippen LogP contribution in [-0.2, 0) is 0 Å². The lowest BCUT2D eigenvalue weighted by Crippen LogP contribution is -2.28. The van der Waals surface area contributed by atoms with Crippen LogP contribution in [-0.4, -0.2) is 12.5 Å². The number of hydrazine groups is 1. The first-order valence-electron chi connectivity index (χ1n) is 5.52. The monoisotopic (exact) mass is 221 g/mol. The second kappa shape index (κ2) is 6.12. The Kier molecular flexibility index (Phi) is 4.79. The second-order valence-electron chi connectivity index (χ2n) is 3.95. The number of rotatable bonds is 5. The minimum absolute atomic E-state index is 0.0381. The van der Waals surface area contributed by atoms with Gasteiger partial charge in [-0.1, -0.05) is 20.3 Å². The van der Waals surface area contributed by atoms with E-state index in [4.69, 9.17) is 5.84 Å². The van der Waals surface area contributed by atoms with Gasteiger partial charge in [-0.3, -0.25) is 10.6 Å². The number of amides is 1. The van der Waals surface area contributed by atoms with Crippen molar-refractivity contribution in [3.8, 4) is 0 Å². The third-order valence-electron chi connectivity index (χ3n) is 2.62. The van der Waals surface area contributed by atoms with Crippen LogP contribution in [0.5, 0.6) is 0 Å². The molecule has 0 saturated heterocycles. The van der Waals surface area contributed by atoms with Gasteiger partial charge in [0.15, 0.2) is 0 Å². The summed E-state index contributed by atoms with van der Waals surface area (Å²) in [7, 11) is 0. The number of hydrogen-bond acceptors (Lipinski definition) is 3. The molecule has 0 bridgehead atoms. The van der Waals surface area contributed by atoms with Gasteiger partial charge in [0, 0.05) is 17.8 Å². The van der Waals surface area contributed by atoms with Gasteiger partial charge in [0.2, 0.25) is 0 Å². The van der Waals surface area contributed by atoms with Crippen molar-refractivity contribution in [2.75, 3.05) is 12.0 Å². The quantitative estimate of drug-likeness (QED) is 0.524. The van der Waals surface area contributed by atoms with Crippen molar-refractivity contribution in [1.29, 1.82) is 0 Å². The van der Waals surface area contributed by atoms with Crippen molar-refractivity contribution in [2.45, 2.75) is 20.3 Å². The fourth-order valence-electron chi connectivity index (χ4n) is 1.23. The van der Waals surface area contributed by atoms with Crippen molar-refractivity contribution in [3.05, 3.63) is 29.8 Å². The number of nitrogens with one attached hydrogen (secondary N) is 2. The zero-order chi connectivity index (χ0) is 12.0. The predicted molar refractivity (Wildman–Crippen MR) is 66.0 cm³/mol. The molecule has 0 saturated carbocycles. The maximum Gasteiger partial charge on any atom is 0.251 e. The number of nitrogen functional groups attached to an aromatic ring is 1. The highest BCUT2D eigenvalue weighted by molar-refractivity contribution is 5.94. The average molecular weight is 221 g/mol. The van der Waals surface area contributed by atoms with Crippen LogP contribution in [0.1, 0.15) is 30.6 Å². The third kappa shape index (κ3) is 3.55. The van der Waals surface area contributed by atoms with Gasteiger partial charge in [0.05, 0.1) is 0 Å². The Morgan fingerprint density at radius 2 is 2.00 bits per heavy atom. The molecule has 1 atom stereocenters. The minimum Gasteiger partial charge on any atom is -0.352 e. The zero-order valence-corrected chi connectivity index (χ0v) is 9.79. The van der Waals surface area contributed by atoms with Gasteiger partial charge in [-0.05, 0) is 30.2 Å². The predicted octanol–water partition coefficient (Wildman–Crippen LogP) is 1.75. The van der Waals surface area contributed by atoms with Gasteiger partial charge in [0.1, 0.15) is 0 Å². The van der Waals surface area contributed by atoms with Crippen LogP contribution in [0.2, 0.25) is 0 Å². The van der Waals surface area contributed by atoms with Gasteiger partial charge in [-0.15, -0.1) is 0 Å². The largest absolute Gasteiger partial charge is 0.352 e. The molecule has 0 aliphatic heterocycles. The van der Waals surface area contributed by atoms with Crippen molar-refractivity contribution in [3.63, 3.8) is 0 Å². The average Bonchev–Trinajstić information content (AvgIpc) is 2.35. The number of hydrogen-bond donors (Lipinski definition) is 3. The van der Waals surface area contributed by atoms with Crippen LogP contribution >= 0.6 is 0 Å². The molecule has 1 aromatic rings. The summed E-state index contributed by atoms with van der Waals surface area (Å²) in [5.74, 6) is 5.71. The van der Waals surface area contributed by atoms with Crippen LogP contribution < -0.4 is 16.6 Å². The minimum atomic E-state index is -0.0381. The van der Waals surface area contributed by atoms with E-state index >= 15 is 0 Å². The normalized spacial score (nSPS) is 11.9. The Hall–Kier alpha value is -1.55. The highest BCUT2D eigenvalue weighted by Crippen LogP contribution is 2.08. The van der Waals surface area contributed by atoms with E-state index in [-0.39, 0.29) is 5.91 Å². The fraction of sp³-hybridized carbons (Fsp3) is 0.417. The van der Waals surface area contributed by atoms with E-state index in [0.717, 1.165) is 12.1 Å². The molecule has 0 spiro atoms. The molecule has 0 radical (unpaired) electrons. The Balaban J connectivity index is 2.52. The first-order chi connectivity index (χ1) is 7.67. The lowest BCUT2D eigenvalue weighted by Gasteiger charge is -2.10. The number of benzene rings is 1. The molecule has 4 heteroatoms. The van der Waals surface area contributed by atoms with Crippen LogP contribution in [0.4, 0.5) is 5.69 Å². The Labute approximate surface area is 96.2 Å². The Morgan fingerprint density at radius 3 is 2.50 bits per heavy atom. The van der Waals surface area contributed by atoms with E-state index in [1.807, 2.05) is 0 Å². The molecule has 4 N–H and O–H groups in total. The van der Waals surface area contributed by atoms with E-state index in [1.54, 1.807) is 24.3 Å².